The average molecular weight is 584 g/mol. The highest BCUT2D eigenvalue weighted by molar-refractivity contribution is 7.93. The third kappa shape index (κ3) is 6.74. The number of anilines is 1. The van der Waals surface area contributed by atoms with Crippen LogP contribution in [-0.4, -0.2) is 63.2 Å². The molecule has 8 nitrogen and oxygen atoms in total. The predicted molar refractivity (Wildman–Crippen MR) is 162 cm³/mol. The normalized spacial score (nSPS) is 20.2. The number of ether oxygens (including phenoxy) is 1. The summed E-state index contributed by atoms with van der Waals surface area (Å²) in [6.07, 6.45) is -0.599. The summed E-state index contributed by atoms with van der Waals surface area (Å²) in [5, 5.41) is 32.0. The second kappa shape index (κ2) is 13.3. The van der Waals surface area contributed by atoms with Crippen LogP contribution >= 0.6 is 11.3 Å². The molecule has 40 heavy (non-hydrogen) atoms. The van der Waals surface area contributed by atoms with E-state index in [1.807, 2.05) is 18.2 Å². The smallest absolute Gasteiger partial charge is 0.251 e. The zero-order valence-electron chi connectivity index (χ0n) is 23.1. The molecule has 3 N–H and O–H groups in total. The molecule has 3 atom stereocenters. The monoisotopic (exact) mass is 583 g/mol. The molecular formula is C30H37N3O5S2. The van der Waals surface area contributed by atoms with Gasteiger partial charge in [-0.2, -0.15) is 5.26 Å². The summed E-state index contributed by atoms with van der Waals surface area (Å²) in [7, 11) is -4.17. The molecule has 2 heterocycles. The molecule has 0 unspecified atom stereocenters. The Morgan fingerprint density at radius 2 is 1.80 bits per heavy atom. The van der Waals surface area contributed by atoms with Gasteiger partial charge in [0.2, 0.25) is 0 Å². The van der Waals surface area contributed by atoms with Gasteiger partial charge in [-0.25, -0.2) is 13.1 Å². The second-order valence-electron chi connectivity index (χ2n) is 10.1. The zero-order valence-corrected chi connectivity index (χ0v) is 24.8. The Balaban J connectivity index is 1.55. The molecule has 3 aromatic rings. The van der Waals surface area contributed by atoms with Crippen molar-refractivity contribution in [2.75, 3.05) is 31.1 Å². The van der Waals surface area contributed by atoms with Crippen LogP contribution in [0.25, 0.3) is 26.8 Å². The Hall–Kier alpha value is -2.78. The average Bonchev–Trinajstić information content (AvgIpc) is 3.44. The molecule has 0 saturated carbocycles. The number of hydrogen-bond acceptors (Lipinski definition) is 8. The Labute approximate surface area is 240 Å². The van der Waals surface area contributed by atoms with Gasteiger partial charge < -0.3 is 19.8 Å². The van der Waals surface area contributed by atoms with Crippen molar-refractivity contribution in [3.63, 3.8) is 0 Å². The molecule has 0 aliphatic carbocycles. The van der Waals surface area contributed by atoms with Gasteiger partial charge in [0, 0.05) is 41.7 Å². The topological polar surface area (TPSA) is 123 Å². The standard InChI is InChI=1S/C30H37N3O5S2/c1-4-13-33(14-5-2)24-9-8-21-16-23(7-6-22(21)17-24)28-11-10-27(39-28)20(3)29(18-31)40(36,37)32-19-26-30(35)25(34)12-15-38-26/h6-11,16-17,25-26,30,32,34-35H,4-5,12-15,19H2,1-3H3/b29-20+/t25-,26-,30+/m1/s1. The maximum absolute atomic E-state index is 13.0. The van der Waals surface area contributed by atoms with Crippen molar-refractivity contribution in [1.29, 1.82) is 5.26 Å². The van der Waals surface area contributed by atoms with Crippen LogP contribution in [0.4, 0.5) is 5.69 Å². The molecule has 1 aromatic heterocycles. The second-order valence-corrected chi connectivity index (χ2v) is 12.9. The molecule has 1 aliphatic rings. The van der Waals surface area contributed by atoms with E-state index in [-0.39, 0.29) is 24.5 Å². The van der Waals surface area contributed by atoms with Gasteiger partial charge in [-0.15, -0.1) is 11.3 Å². The lowest BCUT2D eigenvalue weighted by molar-refractivity contribution is -0.131. The molecule has 10 heteroatoms. The summed E-state index contributed by atoms with van der Waals surface area (Å²) < 4.78 is 33.8. The van der Waals surface area contributed by atoms with Crippen molar-refractivity contribution < 1.29 is 23.4 Å². The van der Waals surface area contributed by atoms with Crippen molar-refractivity contribution in [3.05, 3.63) is 58.3 Å². The zero-order chi connectivity index (χ0) is 28.9. The SMILES string of the molecule is CCCN(CCC)c1ccc2cc(-c3ccc(/C(C)=C(\C#N)S(=O)(=O)NC[C@H]4OCC[C@@H](O)[C@@H]4O)s3)ccc2c1. The van der Waals surface area contributed by atoms with Crippen molar-refractivity contribution >= 4 is 43.4 Å². The van der Waals surface area contributed by atoms with E-state index in [9.17, 15) is 23.9 Å². The number of thiophene rings is 1. The van der Waals surface area contributed by atoms with Crippen molar-refractivity contribution in [1.82, 2.24) is 4.72 Å². The Morgan fingerprint density at radius 1 is 1.10 bits per heavy atom. The summed E-state index contributed by atoms with van der Waals surface area (Å²) in [5.74, 6) is 0. The lowest BCUT2D eigenvalue weighted by Gasteiger charge is -2.31. The van der Waals surface area contributed by atoms with Crippen LogP contribution in [0.2, 0.25) is 0 Å². The molecule has 0 spiro atoms. The minimum absolute atomic E-state index is 0.217. The number of fused-ring (bicyclic) bond motifs is 1. The van der Waals surface area contributed by atoms with E-state index < -0.39 is 28.3 Å². The summed E-state index contributed by atoms with van der Waals surface area (Å²) in [6.45, 7) is 8.02. The summed E-state index contributed by atoms with van der Waals surface area (Å²) in [4.78, 5) is 3.67. The van der Waals surface area contributed by atoms with E-state index in [0.717, 1.165) is 47.1 Å². The van der Waals surface area contributed by atoms with E-state index in [0.29, 0.717) is 10.5 Å². The highest BCUT2D eigenvalue weighted by atomic mass is 32.2. The number of nitrogens with zero attached hydrogens (tertiary/aromatic N) is 2. The molecular weight excluding hydrogens is 546 g/mol. The van der Waals surface area contributed by atoms with E-state index in [1.54, 1.807) is 6.92 Å². The molecule has 1 aliphatic heterocycles. The summed E-state index contributed by atoms with van der Waals surface area (Å²) >= 11 is 1.42. The van der Waals surface area contributed by atoms with E-state index in [4.69, 9.17) is 4.74 Å². The predicted octanol–water partition coefficient (Wildman–Crippen LogP) is 4.88. The molecule has 4 rings (SSSR count). The fourth-order valence-electron chi connectivity index (χ4n) is 4.95. The van der Waals surface area contributed by atoms with Gasteiger partial charge in [-0.3, -0.25) is 0 Å². The first-order chi connectivity index (χ1) is 19.2. The molecule has 1 fully saturated rings. The minimum Gasteiger partial charge on any atom is -0.390 e. The van der Waals surface area contributed by atoms with Crippen LogP contribution < -0.4 is 9.62 Å². The Kier molecular flexibility index (Phi) is 10.0. The minimum atomic E-state index is -4.17. The molecule has 0 amide bonds. The third-order valence-electron chi connectivity index (χ3n) is 7.14. The molecule has 0 bridgehead atoms. The van der Waals surface area contributed by atoms with Crippen molar-refractivity contribution in [2.45, 2.75) is 58.3 Å². The van der Waals surface area contributed by atoms with Crippen LogP contribution in [-0.2, 0) is 14.8 Å². The van der Waals surface area contributed by atoms with E-state index >= 15 is 0 Å². The fraction of sp³-hybridized carbons (Fsp3) is 0.433. The highest BCUT2D eigenvalue weighted by Crippen LogP contribution is 2.35. The number of rotatable bonds is 11. The van der Waals surface area contributed by atoms with Gasteiger partial charge in [-0.1, -0.05) is 32.0 Å². The van der Waals surface area contributed by atoms with Crippen LogP contribution in [0.15, 0.2) is 53.4 Å². The van der Waals surface area contributed by atoms with E-state index in [1.165, 1.54) is 17.0 Å². The first kappa shape index (κ1) is 30.2. The number of hydrogen-bond donors (Lipinski definition) is 3. The van der Waals surface area contributed by atoms with Crippen LogP contribution in [0.1, 0.15) is 44.9 Å². The number of nitrogens with one attached hydrogen (secondary N) is 1. The third-order valence-corrected chi connectivity index (χ3v) is 9.88. The Bertz CT molecular complexity index is 1500. The number of benzene rings is 2. The largest absolute Gasteiger partial charge is 0.390 e. The number of aliphatic hydroxyl groups excluding tert-OH is 2. The molecule has 0 radical (unpaired) electrons. The van der Waals surface area contributed by atoms with Gasteiger partial charge in [0.25, 0.3) is 10.0 Å². The first-order valence-corrected chi connectivity index (χ1v) is 16.0. The van der Waals surface area contributed by atoms with Crippen LogP contribution in [0, 0.1) is 11.3 Å². The van der Waals surface area contributed by atoms with Gasteiger partial charge in [0.05, 0.1) is 12.2 Å². The number of allylic oxidation sites excluding steroid dienone is 2. The van der Waals surface area contributed by atoms with Crippen LogP contribution in [0.3, 0.4) is 0 Å². The summed E-state index contributed by atoms with van der Waals surface area (Å²) in [5.41, 5.74) is 2.58. The maximum Gasteiger partial charge on any atom is 0.251 e. The van der Waals surface area contributed by atoms with Gasteiger partial charge in [0.15, 0.2) is 4.91 Å². The van der Waals surface area contributed by atoms with Crippen LogP contribution in [0.5, 0.6) is 0 Å². The number of aliphatic hydroxyl groups is 2. The lowest BCUT2D eigenvalue weighted by Crippen LogP contribution is -2.49. The van der Waals surface area contributed by atoms with Crippen molar-refractivity contribution in [3.8, 4) is 16.5 Å². The molecule has 214 valence electrons. The number of sulfonamides is 1. The quantitative estimate of drug-likeness (QED) is 0.275. The van der Waals surface area contributed by atoms with Gasteiger partial charge in [-0.05, 0) is 78.4 Å². The first-order valence-electron chi connectivity index (χ1n) is 13.7. The van der Waals surface area contributed by atoms with Crippen molar-refractivity contribution in [2.24, 2.45) is 0 Å². The Morgan fingerprint density at radius 3 is 2.50 bits per heavy atom. The molecule has 1 saturated heterocycles. The van der Waals surface area contributed by atoms with Gasteiger partial charge >= 0.3 is 0 Å². The number of nitriles is 1. The van der Waals surface area contributed by atoms with Gasteiger partial charge in [0.1, 0.15) is 12.2 Å². The fourth-order valence-corrected chi connectivity index (χ4v) is 7.18. The highest BCUT2D eigenvalue weighted by Gasteiger charge is 2.33. The van der Waals surface area contributed by atoms with E-state index in [2.05, 4.69) is 59.9 Å². The maximum atomic E-state index is 13.0. The molecule has 2 aromatic carbocycles. The lowest BCUT2D eigenvalue weighted by atomic mass is 10.0. The summed E-state index contributed by atoms with van der Waals surface area (Å²) in [6, 6.07) is 18.4.